The fourth-order valence-corrected chi connectivity index (χ4v) is 4.76. The molecule has 7 atom stereocenters. The van der Waals surface area contributed by atoms with Crippen molar-refractivity contribution in [2.75, 3.05) is 13.2 Å². The first-order valence-corrected chi connectivity index (χ1v) is 8.70. The average molecular weight is 362 g/mol. The molecule has 4 fully saturated rings. The molecule has 7 unspecified atom stereocenters. The van der Waals surface area contributed by atoms with Gasteiger partial charge in [0.15, 0.2) is 0 Å². The second-order valence-corrected chi connectivity index (χ2v) is 7.60. The Balaban J connectivity index is 1.69. The number of hydrogen-bond donors (Lipinski definition) is 2. The van der Waals surface area contributed by atoms with E-state index in [1.165, 1.54) is 0 Å². The molecule has 7 nitrogen and oxygen atoms in total. The number of epoxide rings is 1. The smallest absolute Gasteiger partial charge is 0.336 e. The predicted octanol–water partition coefficient (Wildman–Crippen LogP) is 0.270. The lowest BCUT2D eigenvalue weighted by Gasteiger charge is -2.28. The van der Waals surface area contributed by atoms with Crippen molar-refractivity contribution >= 4 is 11.9 Å². The maximum atomic E-state index is 12.1. The standard InChI is InChI=1S/C19H22O7/c1-8(6-20)17(22)25-13-4-12-10(3)18(23)26-16(12)15-11(9(13)2)5-14(21)19(15)7-24-19/h11-16,20-21H,1-7H2. The van der Waals surface area contributed by atoms with Crippen LogP contribution < -0.4 is 0 Å². The van der Waals surface area contributed by atoms with Gasteiger partial charge in [0, 0.05) is 17.4 Å². The number of aliphatic hydroxyl groups excluding tert-OH is 2. The third kappa shape index (κ3) is 2.31. The van der Waals surface area contributed by atoms with Crippen LogP contribution in [-0.4, -0.2) is 59.3 Å². The Morgan fingerprint density at radius 2 is 2.00 bits per heavy atom. The Morgan fingerprint density at radius 3 is 2.62 bits per heavy atom. The molecule has 0 bridgehead atoms. The number of carbonyl (C=O) groups excluding carboxylic acids is 2. The van der Waals surface area contributed by atoms with Gasteiger partial charge in [0.05, 0.1) is 24.9 Å². The number of carbonyl (C=O) groups is 2. The second kappa shape index (κ2) is 5.77. The van der Waals surface area contributed by atoms with Crippen LogP contribution >= 0.6 is 0 Å². The van der Waals surface area contributed by atoms with Crippen LogP contribution in [0, 0.1) is 17.8 Å². The summed E-state index contributed by atoms with van der Waals surface area (Å²) in [6, 6.07) is 0. The van der Waals surface area contributed by atoms with E-state index in [0.29, 0.717) is 30.6 Å². The molecule has 2 heterocycles. The van der Waals surface area contributed by atoms with Crippen LogP contribution in [-0.2, 0) is 23.8 Å². The normalized spacial score (nSPS) is 43.5. The molecule has 4 aliphatic rings. The lowest BCUT2D eigenvalue weighted by molar-refractivity contribution is -0.145. The first-order valence-electron chi connectivity index (χ1n) is 8.70. The summed E-state index contributed by atoms with van der Waals surface area (Å²) in [5, 5.41) is 19.6. The van der Waals surface area contributed by atoms with E-state index in [0.717, 1.165) is 0 Å². The van der Waals surface area contributed by atoms with Crippen molar-refractivity contribution in [2.24, 2.45) is 17.8 Å². The molecule has 0 aromatic heterocycles. The van der Waals surface area contributed by atoms with E-state index in [1.807, 2.05) is 0 Å². The number of rotatable bonds is 3. The molecule has 26 heavy (non-hydrogen) atoms. The quantitative estimate of drug-likeness (QED) is 0.321. The zero-order chi connectivity index (χ0) is 18.8. The molecule has 0 aromatic rings. The van der Waals surface area contributed by atoms with Crippen LogP contribution in [0.2, 0.25) is 0 Å². The van der Waals surface area contributed by atoms with Gasteiger partial charge >= 0.3 is 11.9 Å². The van der Waals surface area contributed by atoms with Crippen molar-refractivity contribution in [2.45, 2.75) is 36.8 Å². The molecular weight excluding hydrogens is 340 g/mol. The summed E-state index contributed by atoms with van der Waals surface area (Å²) in [4.78, 5) is 24.2. The Kier molecular flexibility index (Phi) is 3.87. The van der Waals surface area contributed by atoms with Crippen molar-refractivity contribution in [1.82, 2.24) is 0 Å². The summed E-state index contributed by atoms with van der Waals surface area (Å²) in [6.07, 6.45) is -1.13. The number of fused-ring (bicyclic) bond motifs is 4. The molecule has 7 heteroatoms. The minimum atomic E-state index is -0.727. The molecular formula is C19H22O7. The largest absolute Gasteiger partial charge is 0.458 e. The summed E-state index contributed by atoms with van der Waals surface area (Å²) < 4.78 is 16.8. The summed E-state index contributed by atoms with van der Waals surface area (Å²) in [5.41, 5.74) is 0.220. The van der Waals surface area contributed by atoms with Gasteiger partial charge in [-0.3, -0.25) is 0 Å². The van der Waals surface area contributed by atoms with Gasteiger partial charge in [-0.25, -0.2) is 9.59 Å². The van der Waals surface area contributed by atoms with Crippen molar-refractivity contribution < 1.29 is 34.0 Å². The highest BCUT2D eigenvalue weighted by Gasteiger charge is 2.70. The second-order valence-electron chi connectivity index (χ2n) is 7.60. The van der Waals surface area contributed by atoms with E-state index in [-0.39, 0.29) is 23.3 Å². The Morgan fingerprint density at radius 1 is 1.31 bits per heavy atom. The van der Waals surface area contributed by atoms with E-state index in [9.17, 15) is 14.7 Å². The van der Waals surface area contributed by atoms with E-state index < -0.39 is 42.5 Å². The number of hydrogen-bond acceptors (Lipinski definition) is 7. The average Bonchev–Trinajstić information content (AvgIpc) is 3.31. The first kappa shape index (κ1) is 17.5. The lowest BCUT2D eigenvalue weighted by atomic mass is 9.79. The topological polar surface area (TPSA) is 106 Å². The molecule has 2 saturated heterocycles. The summed E-state index contributed by atoms with van der Waals surface area (Å²) >= 11 is 0. The highest BCUT2D eigenvalue weighted by molar-refractivity contribution is 5.91. The monoisotopic (exact) mass is 362 g/mol. The maximum absolute atomic E-state index is 12.1. The molecule has 0 amide bonds. The molecule has 2 saturated carbocycles. The highest BCUT2D eigenvalue weighted by atomic mass is 16.6. The van der Waals surface area contributed by atoms with Crippen molar-refractivity contribution in [1.29, 1.82) is 0 Å². The summed E-state index contributed by atoms with van der Waals surface area (Å²) in [6.45, 7) is 11.4. The fraction of sp³-hybridized carbons (Fsp3) is 0.579. The molecule has 2 aliphatic carbocycles. The molecule has 4 rings (SSSR count). The van der Waals surface area contributed by atoms with Crippen molar-refractivity contribution in [3.8, 4) is 0 Å². The van der Waals surface area contributed by atoms with E-state index in [4.69, 9.17) is 19.3 Å². The molecule has 2 N–H and O–H groups in total. The van der Waals surface area contributed by atoms with Crippen molar-refractivity contribution in [3.63, 3.8) is 0 Å². The van der Waals surface area contributed by atoms with Crippen LogP contribution in [0.3, 0.4) is 0 Å². The highest BCUT2D eigenvalue weighted by Crippen LogP contribution is 2.60. The number of esters is 2. The van der Waals surface area contributed by atoms with E-state index in [1.54, 1.807) is 0 Å². The number of ether oxygens (including phenoxy) is 3. The fourth-order valence-electron chi connectivity index (χ4n) is 4.76. The van der Waals surface area contributed by atoms with Gasteiger partial charge in [0.1, 0.15) is 17.8 Å². The van der Waals surface area contributed by atoms with Gasteiger partial charge in [-0.15, -0.1) is 0 Å². The Hall–Kier alpha value is -1.96. The van der Waals surface area contributed by atoms with Crippen LogP contribution in [0.15, 0.2) is 36.5 Å². The Bertz CT molecular complexity index is 719. The van der Waals surface area contributed by atoms with Gasteiger partial charge in [0.25, 0.3) is 0 Å². The van der Waals surface area contributed by atoms with Gasteiger partial charge < -0.3 is 24.4 Å². The van der Waals surface area contributed by atoms with Gasteiger partial charge in [-0.05, 0) is 24.3 Å². The van der Waals surface area contributed by atoms with Gasteiger partial charge in [-0.1, -0.05) is 19.7 Å². The number of aliphatic hydroxyl groups is 2. The lowest BCUT2D eigenvalue weighted by Crippen LogP contribution is -2.40. The third-order valence-corrected chi connectivity index (χ3v) is 6.31. The SMILES string of the molecule is C=C(CO)C(=O)OC1CC2C(=C)C(=O)OC2C2C(CC(O)C23CO3)C1=C. The van der Waals surface area contributed by atoms with Crippen LogP contribution in [0.25, 0.3) is 0 Å². The van der Waals surface area contributed by atoms with E-state index in [2.05, 4.69) is 19.7 Å². The molecule has 1 spiro atoms. The minimum absolute atomic E-state index is 0.0545. The van der Waals surface area contributed by atoms with E-state index >= 15 is 0 Å². The summed E-state index contributed by atoms with van der Waals surface area (Å²) in [7, 11) is 0. The van der Waals surface area contributed by atoms with Crippen LogP contribution in [0.4, 0.5) is 0 Å². The minimum Gasteiger partial charge on any atom is -0.458 e. The van der Waals surface area contributed by atoms with Crippen molar-refractivity contribution in [3.05, 3.63) is 36.5 Å². The molecule has 0 aromatic carbocycles. The zero-order valence-corrected chi connectivity index (χ0v) is 14.3. The summed E-state index contributed by atoms with van der Waals surface area (Å²) in [5.74, 6) is -1.97. The Labute approximate surface area is 150 Å². The van der Waals surface area contributed by atoms with Crippen LogP contribution in [0.5, 0.6) is 0 Å². The van der Waals surface area contributed by atoms with Crippen LogP contribution in [0.1, 0.15) is 12.8 Å². The van der Waals surface area contributed by atoms with Gasteiger partial charge in [0.2, 0.25) is 0 Å². The molecule has 2 aliphatic heterocycles. The third-order valence-electron chi connectivity index (χ3n) is 6.31. The zero-order valence-electron chi connectivity index (χ0n) is 14.3. The molecule has 140 valence electrons. The van der Waals surface area contributed by atoms with Gasteiger partial charge in [-0.2, -0.15) is 0 Å². The predicted molar refractivity (Wildman–Crippen MR) is 88.7 cm³/mol. The maximum Gasteiger partial charge on any atom is 0.336 e. The molecule has 0 radical (unpaired) electrons. The first-order chi connectivity index (χ1) is 12.3.